The van der Waals surface area contributed by atoms with Gasteiger partial charge in [0, 0.05) is 0 Å². The van der Waals surface area contributed by atoms with E-state index in [1.807, 2.05) is 36.4 Å². The summed E-state index contributed by atoms with van der Waals surface area (Å²) >= 11 is 0. The first-order valence-electron chi connectivity index (χ1n) is 27.3. The van der Waals surface area contributed by atoms with E-state index in [1.165, 1.54) is 0 Å². The van der Waals surface area contributed by atoms with Crippen molar-refractivity contribution in [3.63, 3.8) is 0 Å². The van der Waals surface area contributed by atoms with E-state index in [9.17, 15) is 15.3 Å². The molecule has 0 atom stereocenters. The summed E-state index contributed by atoms with van der Waals surface area (Å²) in [6.07, 6.45) is 0. The Morgan fingerprint density at radius 1 is 0.111 bits per heavy atom. The van der Waals surface area contributed by atoms with E-state index in [-0.39, 0.29) is 17.2 Å². The Kier molecular flexibility index (Phi) is 13.5. The molecule has 0 aliphatic carbocycles. The third-order valence-electron chi connectivity index (χ3n) is 15.4. The number of aromatic hydroxyl groups is 3. The molecule has 0 saturated carbocycles. The molecule has 81 heavy (non-hydrogen) atoms. The highest BCUT2D eigenvalue weighted by atomic mass is 16.3. The lowest BCUT2D eigenvalue weighted by Gasteiger charge is -2.29. The van der Waals surface area contributed by atoms with Crippen LogP contribution in [0.5, 0.6) is 17.2 Å². The summed E-state index contributed by atoms with van der Waals surface area (Å²) in [6, 6.07) is 107. The summed E-state index contributed by atoms with van der Waals surface area (Å²) in [6.45, 7) is 0. The fourth-order valence-electron chi connectivity index (χ4n) is 11.9. The average molecular weight is 1040 g/mol. The van der Waals surface area contributed by atoms with E-state index >= 15 is 0 Å². The van der Waals surface area contributed by atoms with E-state index in [4.69, 9.17) is 0 Å². The van der Waals surface area contributed by atoms with Crippen LogP contribution >= 0.6 is 0 Å². The molecule has 13 aromatic rings. The van der Waals surface area contributed by atoms with Crippen molar-refractivity contribution < 1.29 is 15.3 Å². The van der Waals surface area contributed by atoms with Gasteiger partial charge in [-0.1, -0.05) is 273 Å². The molecule has 0 radical (unpaired) electrons. The van der Waals surface area contributed by atoms with Crippen LogP contribution < -0.4 is 0 Å². The standard InChI is InChI=1S/C78H54O3/c79-64-46-40-61(41-47-64)76-70(55-28-14-4-15-29-55)67(52-22-8-1-9-23-52)74(68(53-24-10-2-11-25-53)71(76)56-30-16-5-17-31-56)59-36-38-60(39-37-59)75-69(54-26-12-3-13-27-54)72(57-32-18-6-19-33-57)77(62-42-48-65(80)49-43-62)78(63-44-50-66(81)51-45-63)73(75)58-34-20-7-21-35-58/h1-51,79-81H. The molecular weight excluding hydrogens is 985 g/mol. The second kappa shape index (κ2) is 21.9. The smallest absolute Gasteiger partial charge is 0.115 e. The molecule has 3 nitrogen and oxygen atoms in total. The first-order chi connectivity index (χ1) is 40.0. The van der Waals surface area contributed by atoms with E-state index in [2.05, 4.69) is 237 Å². The molecule has 0 amide bonds. The van der Waals surface area contributed by atoms with Crippen molar-refractivity contribution >= 4 is 0 Å². The van der Waals surface area contributed by atoms with Crippen LogP contribution in [-0.4, -0.2) is 15.3 Å². The maximum Gasteiger partial charge on any atom is 0.115 e. The molecule has 0 heterocycles. The lowest BCUT2D eigenvalue weighted by molar-refractivity contribution is 0.475. The average Bonchev–Trinajstić information content (AvgIpc) is 3.68. The van der Waals surface area contributed by atoms with Gasteiger partial charge in [-0.15, -0.1) is 0 Å². The quantitative estimate of drug-likeness (QED) is 0.114. The molecule has 0 aliphatic heterocycles. The minimum atomic E-state index is 0.179. The summed E-state index contributed by atoms with van der Waals surface area (Å²) in [5.74, 6) is 0.566. The minimum absolute atomic E-state index is 0.179. The second-order valence-corrected chi connectivity index (χ2v) is 20.3. The predicted molar refractivity (Wildman–Crippen MR) is 337 cm³/mol. The molecule has 13 aromatic carbocycles. The number of phenols is 3. The van der Waals surface area contributed by atoms with Crippen LogP contribution in [0.25, 0.3) is 134 Å². The number of benzene rings is 13. The van der Waals surface area contributed by atoms with E-state index in [0.29, 0.717) is 0 Å². The SMILES string of the molecule is Oc1ccc(-c2c(-c3ccccc3)c(-c3ccccc3)c(-c3ccc(-c4c(-c5ccccc5)c(-c5ccccc5)c(-c5ccc(O)cc5)c(-c5ccc(O)cc5)c4-c4ccccc4)cc3)c(-c3ccccc3)c2-c2ccccc2)cc1. The summed E-state index contributed by atoms with van der Waals surface area (Å²) in [7, 11) is 0. The highest BCUT2D eigenvalue weighted by Gasteiger charge is 2.32. The second-order valence-electron chi connectivity index (χ2n) is 20.3. The van der Waals surface area contributed by atoms with Gasteiger partial charge < -0.3 is 15.3 Å². The largest absolute Gasteiger partial charge is 0.508 e. The molecule has 13 rings (SSSR count). The summed E-state index contributed by atoms with van der Waals surface area (Å²) < 4.78 is 0. The Labute approximate surface area is 472 Å². The third kappa shape index (κ3) is 9.54. The topological polar surface area (TPSA) is 60.7 Å². The van der Waals surface area contributed by atoms with Crippen molar-refractivity contribution in [1.82, 2.24) is 0 Å². The molecule has 0 fully saturated rings. The third-order valence-corrected chi connectivity index (χ3v) is 15.4. The first-order valence-corrected chi connectivity index (χ1v) is 27.3. The van der Waals surface area contributed by atoms with E-state index < -0.39 is 0 Å². The van der Waals surface area contributed by atoms with Gasteiger partial charge in [0.2, 0.25) is 0 Å². The number of rotatable bonds is 12. The van der Waals surface area contributed by atoms with Crippen LogP contribution in [-0.2, 0) is 0 Å². The van der Waals surface area contributed by atoms with Gasteiger partial charge in [0.25, 0.3) is 0 Å². The molecule has 0 saturated heterocycles. The highest BCUT2D eigenvalue weighted by Crippen LogP contribution is 2.59. The maximum absolute atomic E-state index is 10.9. The van der Waals surface area contributed by atoms with Crippen molar-refractivity contribution in [2.24, 2.45) is 0 Å². The molecule has 0 bridgehead atoms. The van der Waals surface area contributed by atoms with Gasteiger partial charge in [0.1, 0.15) is 17.2 Å². The van der Waals surface area contributed by atoms with Gasteiger partial charge in [-0.3, -0.25) is 0 Å². The molecular formula is C78H54O3. The zero-order valence-electron chi connectivity index (χ0n) is 44.3. The van der Waals surface area contributed by atoms with Gasteiger partial charge in [0.05, 0.1) is 0 Å². The zero-order chi connectivity index (χ0) is 54.7. The normalized spacial score (nSPS) is 11.1. The highest BCUT2D eigenvalue weighted by molar-refractivity contribution is 6.17. The molecule has 3 N–H and O–H groups in total. The van der Waals surface area contributed by atoms with Crippen LogP contribution in [0.1, 0.15) is 0 Å². The van der Waals surface area contributed by atoms with Gasteiger partial charge in [-0.25, -0.2) is 0 Å². The van der Waals surface area contributed by atoms with Crippen LogP contribution in [0.3, 0.4) is 0 Å². The summed E-state index contributed by atoms with van der Waals surface area (Å²) in [5.41, 5.74) is 24.9. The summed E-state index contributed by atoms with van der Waals surface area (Å²) in [5, 5.41) is 32.5. The van der Waals surface area contributed by atoms with E-state index in [0.717, 1.165) is 134 Å². The van der Waals surface area contributed by atoms with Gasteiger partial charge in [0.15, 0.2) is 0 Å². The lowest BCUT2D eigenvalue weighted by Crippen LogP contribution is -2.03. The number of hydrogen-bond acceptors (Lipinski definition) is 3. The van der Waals surface area contributed by atoms with Crippen molar-refractivity contribution in [3.8, 4) is 151 Å². The number of hydrogen-bond donors (Lipinski definition) is 3. The van der Waals surface area contributed by atoms with E-state index in [1.54, 1.807) is 36.4 Å². The van der Waals surface area contributed by atoms with Gasteiger partial charge in [-0.05, 0) is 170 Å². The maximum atomic E-state index is 10.9. The Balaban J connectivity index is 1.21. The van der Waals surface area contributed by atoms with Crippen molar-refractivity contribution in [1.29, 1.82) is 0 Å². The molecule has 0 aromatic heterocycles. The van der Waals surface area contributed by atoms with Crippen LogP contribution in [0.2, 0.25) is 0 Å². The van der Waals surface area contributed by atoms with Crippen LogP contribution in [0.4, 0.5) is 0 Å². The van der Waals surface area contributed by atoms with Crippen molar-refractivity contribution in [3.05, 3.63) is 309 Å². The summed E-state index contributed by atoms with van der Waals surface area (Å²) in [4.78, 5) is 0. The molecule has 0 spiro atoms. The Morgan fingerprint density at radius 3 is 0.333 bits per heavy atom. The minimum Gasteiger partial charge on any atom is -0.508 e. The molecule has 0 aliphatic rings. The predicted octanol–water partition coefficient (Wildman–Crippen LogP) is 20.8. The lowest BCUT2D eigenvalue weighted by atomic mass is 9.73. The van der Waals surface area contributed by atoms with Crippen LogP contribution in [0.15, 0.2) is 309 Å². The fourth-order valence-corrected chi connectivity index (χ4v) is 11.9. The molecule has 384 valence electrons. The molecule has 0 unspecified atom stereocenters. The zero-order valence-corrected chi connectivity index (χ0v) is 44.3. The Hall–Kier alpha value is -10.7. The van der Waals surface area contributed by atoms with Gasteiger partial charge >= 0.3 is 0 Å². The monoisotopic (exact) mass is 1040 g/mol. The van der Waals surface area contributed by atoms with Crippen molar-refractivity contribution in [2.45, 2.75) is 0 Å². The van der Waals surface area contributed by atoms with Crippen LogP contribution in [0, 0.1) is 0 Å². The van der Waals surface area contributed by atoms with Gasteiger partial charge in [-0.2, -0.15) is 0 Å². The number of phenolic OH excluding ortho intramolecular Hbond substituents is 3. The molecule has 3 heteroatoms. The Morgan fingerprint density at radius 2 is 0.210 bits per heavy atom. The fraction of sp³-hybridized carbons (Fsp3) is 0. The van der Waals surface area contributed by atoms with Crippen molar-refractivity contribution in [2.75, 3.05) is 0 Å². The first kappa shape index (κ1) is 49.8. The Bertz CT molecular complexity index is 4200.